The van der Waals surface area contributed by atoms with Crippen LogP contribution in [0.2, 0.25) is 0 Å². The van der Waals surface area contributed by atoms with E-state index in [1.165, 1.54) is 10.8 Å². The third kappa shape index (κ3) is 646. The predicted molar refractivity (Wildman–Crippen MR) is 123 cm³/mol. The zero-order valence-electron chi connectivity index (χ0n) is 10.0. The molecule has 10 nitrogen and oxygen atoms in total. The second-order valence-electron chi connectivity index (χ2n) is 0.906. The van der Waals surface area contributed by atoms with Crippen LogP contribution in [-0.2, 0) is 44.3 Å². The van der Waals surface area contributed by atoms with Gasteiger partial charge in [0.25, 0.3) is 0 Å². The van der Waals surface area contributed by atoms with E-state index in [1.807, 2.05) is 0 Å². The van der Waals surface area contributed by atoms with Gasteiger partial charge in [-0.2, -0.15) is 32.4 Å². The molecule has 0 saturated heterocycles. The van der Waals surface area contributed by atoms with Gasteiger partial charge in [-0.25, -0.2) is 0 Å². The molecule has 0 fully saturated rings. The third-order valence-electron chi connectivity index (χ3n) is 0. The van der Waals surface area contributed by atoms with Crippen molar-refractivity contribution in [2.24, 2.45) is 0 Å². The normalized spacial score (nSPS) is 5.77. The summed E-state index contributed by atoms with van der Waals surface area (Å²) in [6.07, 6.45) is 0. The maximum absolute atomic E-state index is 9.05. The van der Waals surface area contributed by atoms with Crippen molar-refractivity contribution in [1.82, 2.24) is 0 Å². The van der Waals surface area contributed by atoms with Gasteiger partial charge in [-0.15, -0.1) is 0 Å². The van der Waals surface area contributed by atoms with Crippen LogP contribution < -0.4 is 0 Å². The fourth-order valence-corrected chi connectivity index (χ4v) is 0. The Balaban J connectivity index is -0.00000000555. The van der Waals surface area contributed by atoms with E-state index >= 15 is 0 Å². The minimum absolute atomic E-state index is 0. The number of nitriles is 2. The van der Waals surface area contributed by atoms with Crippen LogP contribution in [0.25, 0.3) is 0 Å². The summed E-state index contributed by atoms with van der Waals surface area (Å²) in [5.74, 6) is 0. The van der Waals surface area contributed by atoms with Gasteiger partial charge in [0.15, 0.2) is 0 Å². The van der Waals surface area contributed by atoms with Crippen LogP contribution in [-0.4, -0.2) is 151 Å². The molecule has 168 valence electrons. The number of thiol groups is 3. The van der Waals surface area contributed by atoms with E-state index in [1.54, 1.807) is 0 Å². The molecule has 0 aromatic heterocycles. The first-order valence-electron chi connectivity index (χ1n) is 2.05. The van der Waals surface area contributed by atoms with Crippen LogP contribution in [0, 0.1) is 21.3 Å². The molecule has 11 N–H and O–H groups in total. The quantitative estimate of drug-likeness (QED) is 0.0663. The summed E-state index contributed by atoms with van der Waals surface area (Å²) in [6.45, 7) is 0. The van der Waals surface area contributed by atoms with E-state index in [0.717, 1.165) is 0 Å². The Hall–Kier alpha value is 6.37. The van der Waals surface area contributed by atoms with E-state index in [0.29, 0.717) is 0 Å². The molecule has 26 heavy (non-hydrogen) atoms. The van der Waals surface area contributed by atoms with Crippen molar-refractivity contribution in [2.45, 2.75) is 0 Å². The van der Waals surface area contributed by atoms with Gasteiger partial charge in [0.2, 0.25) is 0 Å². The van der Waals surface area contributed by atoms with Crippen LogP contribution in [0.5, 0.6) is 0 Å². The molecule has 0 aromatic carbocycles. The SMILES string of the molecule is N#CS.N#CS.O.O.O.O.O.O=S(=O)(O)S.S.[Au].[Cl][Au]([Cl])([Cl])[Cl].[KH].[NaH].[NaH]. The Morgan fingerprint density at radius 3 is 0.846 bits per heavy atom. The van der Waals surface area contributed by atoms with Crippen molar-refractivity contribution in [2.75, 3.05) is 0 Å². The second-order valence-corrected chi connectivity index (χ2v) is 22.4. The van der Waals surface area contributed by atoms with E-state index in [9.17, 15) is 0 Å². The molecule has 0 aliphatic carbocycles. The summed E-state index contributed by atoms with van der Waals surface area (Å²) >= 11 is 5.84. The number of hydrogen-bond acceptors (Lipinski definition) is 6. The molecule has 0 heterocycles. The van der Waals surface area contributed by atoms with E-state index < -0.39 is 22.0 Å². The van der Waals surface area contributed by atoms with Gasteiger partial charge in [0.1, 0.15) is 10.8 Å². The summed E-state index contributed by atoms with van der Waals surface area (Å²) in [5.41, 5.74) is 0. The first-order chi connectivity index (χ1) is 6.83. The molecule has 0 atom stereocenters. The van der Waals surface area contributed by atoms with Crippen molar-refractivity contribution < 1.29 is 75.5 Å². The summed E-state index contributed by atoms with van der Waals surface area (Å²) < 4.78 is 25.5. The van der Waals surface area contributed by atoms with Crippen molar-refractivity contribution >= 4 is 207 Å². The number of rotatable bonds is 0. The molecular formula is C2H19Au2Cl4KN2Na2O8S5. The Morgan fingerprint density at radius 2 is 0.846 bits per heavy atom. The number of thiocyanates is 2. The zero-order chi connectivity index (χ0) is 14.4. The third-order valence-corrected chi connectivity index (χ3v) is 0. The van der Waals surface area contributed by atoms with Crippen LogP contribution in [0.4, 0.5) is 0 Å². The van der Waals surface area contributed by atoms with Crippen LogP contribution in [0.15, 0.2) is 0 Å². The van der Waals surface area contributed by atoms with Crippen LogP contribution in [0.1, 0.15) is 0 Å². The molecule has 0 spiro atoms. The number of nitrogens with zero attached hydrogens (tertiary/aromatic N) is 2. The average molecular weight is 980 g/mol. The van der Waals surface area contributed by atoms with Crippen LogP contribution >= 0.6 is 87.2 Å². The van der Waals surface area contributed by atoms with Gasteiger partial charge in [0, 0.05) is 22.4 Å². The summed E-state index contributed by atoms with van der Waals surface area (Å²) in [5, 5.41) is 17.3. The summed E-state index contributed by atoms with van der Waals surface area (Å²) in [4.78, 5) is 0. The van der Waals surface area contributed by atoms with E-state index in [2.05, 4.69) is 36.9 Å². The first kappa shape index (κ1) is 94.4. The fraction of sp³-hybridized carbons (Fsp3) is 0. The molecule has 0 bridgehead atoms. The summed E-state index contributed by atoms with van der Waals surface area (Å²) in [6, 6.07) is 0. The predicted octanol–water partition coefficient (Wildman–Crippen LogP) is -2.69. The fourth-order valence-electron chi connectivity index (χ4n) is 0. The first-order valence-corrected chi connectivity index (χ1v) is 16.2. The summed E-state index contributed by atoms with van der Waals surface area (Å²) in [7, 11) is 16.0. The van der Waals surface area contributed by atoms with Gasteiger partial charge in [-0.05, 0) is 11.7 Å². The van der Waals surface area contributed by atoms with Crippen molar-refractivity contribution in [1.29, 1.82) is 10.5 Å². The van der Waals surface area contributed by atoms with Crippen molar-refractivity contribution in [3.63, 3.8) is 0 Å². The zero-order valence-corrected chi connectivity index (χ0v) is 21.9. The average Bonchev–Trinajstić information content (AvgIpc) is 1.79. The molecular weight excluding hydrogens is 961 g/mol. The molecule has 0 aromatic rings. The molecule has 0 saturated carbocycles. The standard InChI is InChI=1S/2CHNS.2Au.4ClH.K.2Na.H2O3S2.5H2O.H2S.3H/c2*2-1-3;;;;;;;;;;1-5(2,3)4;;;;;;;;;/h2*3H;;;4*1H;;;;(H2,1,2,3,4);6*1H2;;;/q;;;+4;;;;;;;;;;;;;;;;;/p-4. The van der Waals surface area contributed by atoms with Gasteiger partial charge >= 0.3 is 169 Å². The molecule has 0 amide bonds. The molecule has 0 aliphatic rings. The molecule has 1 radical (unpaired) electrons. The van der Waals surface area contributed by atoms with Crippen molar-refractivity contribution in [3.8, 4) is 10.8 Å². The Morgan fingerprint density at radius 1 is 0.846 bits per heavy atom. The number of halogens is 4. The molecule has 0 unspecified atom stereocenters. The van der Waals surface area contributed by atoms with E-state index in [4.69, 9.17) is 60.3 Å². The minimum atomic E-state index is -3.97. The van der Waals surface area contributed by atoms with Gasteiger partial charge in [0.05, 0.1) is 0 Å². The molecule has 0 aliphatic heterocycles. The second kappa shape index (κ2) is 69.7. The Bertz CT molecular complexity index is 323. The van der Waals surface area contributed by atoms with Crippen molar-refractivity contribution in [3.05, 3.63) is 0 Å². The molecule has 0 rings (SSSR count). The monoisotopic (exact) mass is 978 g/mol. The Labute approximate surface area is 296 Å². The maximum atomic E-state index is 9.05. The Kier molecular flexibility index (Phi) is 253. The van der Waals surface area contributed by atoms with Gasteiger partial charge in [-0.1, -0.05) is 25.3 Å². The molecule has 24 heteroatoms. The van der Waals surface area contributed by atoms with Gasteiger partial charge in [-0.3, -0.25) is 4.55 Å². The number of hydrogen-bond donors (Lipinski definition) is 4. The van der Waals surface area contributed by atoms with E-state index in [-0.39, 0.29) is 174 Å². The van der Waals surface area contributed by atoms with Gasteiger partial charge < -0.3 is 27.4 Å². The topological polar surface area (TPSA) is 259 Å². The van der Waals surface area contributed by atoms with Crippen LogP contribution in [0.3, 0.4) is 0 Å².